The van der Waals surface area contributed by atoms with Crippen molar-refractivity contribution in [3.63, 3.8) is 0 Å². The van der Waals surface area contributed by atoms with Gasteiger partial charge in [0.25, 0.3) is 0 Å². The number of pyridine rings is 1. The second-order valence-corrected chi connectivity index (χ2v) is 4.81. The standard InChI is InChI=1S/C13H19N3O.2ClH/c1-10-5-4-6-11(15-10)16-12(17)13(9-14)7-2-3-8-13;;/h4-6H,2-3,7-9,14H2,1H3,(H,15,16,17);2*1H. The van der Waals surface area contributed by atoms with Gasteiger partial charge in [0, 0.05) is 12.2 Å². The van der Waals surface area contributed by atoms with Crippen LogP contribution in [-0.2, 0) is 4.79 Å². The quantitative estimate of drug-likeness (QED) is 0.902. The Balaban J connectivity index is 0.00000162. The van der Waals surface area contributed by atoms with Crippen molar-refractivity contribution in [2.45, 2.75) is 32.6 Å². The fraction of sp³-hybridized carbons (Fsp3) is 0.538. The van der Waals surface area contributed by atoms with Gasteiger partial charge in [0.1, 0.15) is 5.82 Å². The van der Waals surface area contributed by atoms with E-state index in [2.05, 4.69) is 10.3 Å². The van der Waals surface area contributed by atoms with Gasteiger partial charge < -0.3 is 11.1 Å². The average Bonchev–Trinajstić information content (AvgIpc) is 2.78. The number of halogens is 2. The SMILES string of the molecule is Cc1cccc(NC(=O)C2(CN)CCCC2)n1.Cl.Cl. The number of hydrogen-bond acceptors (Lipinski definition) is 3. The summed E-state index contributed by atoms with van der Waals surface area (Å²) in [5, 5.41) is 2.89. The number of rotatable bonds is 3. The monoisotopic (exact) mass is 305 g/mol. The van der Waals surface area contributed by atoms with Crippen LogP contribution >= 0.6 is 24.8 Å². The van der Waals surface area contributed by atoms with E-state index in [0.717, 1.165) is 31.4 Å². The highest BCUT2D eigenvalue weighted by molar-refractivity contribution is 5.95. The third-order valence-electron chi connectivity index (χ3n) is 3.56. The van der Waals surface area contributed by atoms with Crippen molar-refractivity contribution in [2.24, 2.45) is 11.1 Å². The minimum absolute atomic E-state index is 0. The van der Waals surface area contributed by atoms with Crippen LogP contribution in [0.5, 0.6) is 0 Å². The minimum atomic E-state index is -0.370. The number of nitrogens with two attached hydrogens (primary N) is 1. The van der Waals surface area contributed by atoms with E-state index in [9.17, 15) is 4.79 Å². The number of nitrogens with one attached hydrogen (secondary N) is 1. The highest BCUT2D eigenvalue weighted by Crippen LogP contribution is 2.37. The number of aryl methyl sites for hydroxylation is 1. The predicted molar refractivity (Wildman–Crippen MR) is 82.1 cm³/mol. The molecule has 0 aromatic carbocycles. The number of hydrogen-bond donors (Lipinski definition) is 2. The van der Waals surface area contributed by atoms with E-state index in [-0.39, 0.29) is 36.1 Å². The smallest absolute Gasteiger partial charge is 0.233 e. The second kappa shape index (κ2) is 7.68. The van der Waals surface area contributed by atoms with E-state index in [1.54, 1.807) is 0 Å². The normalized spacial score (nSPS) is 16.1. The van der Waals surface area contributed by atoms with Crippen molar-refractivity contribution in [2.75, 3.05) is 11.9 Å². The summed E-state index contributed by atoms with van der Waals surface area (Å²) in [5.74, 6) is 0.644. The molecule has 0 bridgehead atoms. The molecule has 1 heterocycles. The lowest BCUT2D eigenvalue weighted by Gasteiger charge is -2.25. The third-order valence-corrected chi connectivity index (χ3v) is 3.56. The van der Waals surface area contributed by atoms with Crippen LogP contribution in [0.2, 0.25) is 0 Å². The molecule has 3 N–H and O–H groups in total. The van der Waals surface area contributed by atoms with Crippen LogP contribution in [0.15, 0.2) is 18.2 Å². The summed E-state index contributed by atoms with van der Waals surface area (Å²) in [5.41, 5.74) is 6.30. The van der Waals surface area contributed by atoms with Crippen molar-refractivity contribution in [1.29, 1.82) is 0 Å². The highest BCUT2D eigenvalue weighted by atomic mass is 35.5. The van der Waals surface area contributed by atoms with Crippen molar-refractivity contribution < 1.29 is 4.79 Å². The molecule has 0 aliphatic heterocycles. The van der Waals surface area contributed by atoms with Gasteiger partial charge in [-0.2, -0.15) is 0 Å². The van der Waals surface area contributed by atoms with Crippen LogP contribution in [0.4, 0.5) is 5.82 Å². The summed E-state index contributed by atoms with van der Waals surface area (Å²) in [4.78, 5) is 16.5. The molecule has 0 spiro atoms. The molecule has 1 amide bonds. The zero-order valence-electron chi connectivity index (χ0n) is 11.0. The first-order chi connectivity index (χ1) is 8.16. The van der Waals surface area contributed by atoms with Gasteiger partial charge in [0.2, 0.25) is 5.91 Å². The lowest BCUT2D eigenvalue weighted by molar-refractivity contribution is -0.124. The topological polar surface area (TPSA) is 68.0 Å². The number of amides is 1. The fourth-order valence-corrected chi connectivity index (χ4v) is 2.44. The average molecular weight is 306 g/mol. The van der Waals surface area contributed by atoms with Gasteiger partial charge in [-0.3, -0.25) is 4.79 Å². The molecule has 6 heteroatoms. The van der Waals surface area contributed by atoms with E-state index in [0.29, 0.717) is 12.4 Å². The Morgan fingerprint density at radius 3 is 2.53 bits per heavy atom. The summed E-state index contributed by atoms with van der Waals surface area (Å²) in [6, 6.07) is 5.61. The Bertz CT molecular complexity index is 420. The van der Waals surface area contributed by atoms with Crippen molar-refractivity contribution in [3.05, 3.63) is 23.9 Å². The summed E-state index contributed by atoms with van der Waals surface area (Å²) in [6.45, 7) is 2.33. The molecule has 1 aromatic heterocycles. The molecular weight excluding hydrogens is 285 g/mol. The number of aromatic nitrogens is 1. The summed E-state index contributed by atoms with van der Waals surface area (Å²) >= 11 is 0. The van der Waals surface area contributed by atoms with Crippen LogP contribution in [0.1, 0.15) is 31.4 Å². The maximum atomic E-state index is 12.2. The summed E-state index contributed by atoms with van der Waals surface area (Å²) in [6.07, 6.45) is 3.96. The van der Waals surface area contributed by atoms with Gasteiger partial charge in [-0.05, 0) is 31.9 Å². The lowest BCUT2D eigenvalue weighted by atomic mass is 9.85. The summed E-state index contributed by atoms with van der Waals surface area (Å²) < 4.78 is 0. The number of nitrogens with zero attached hydrogens (tertiary/aromatic N) is 1. The van der Waals surface area contributed by atoms with Gasteiger partial charge >= 0.3 is 0 Å². The minimum Gasteiger partial charge on any atom is -0.329 e. The van der Waals surface area contributed by atoms with Gasteiger partial charge in [-0.25, -0.2) is 4.98 Å². The predicted octanol–water partition coefficient (Wildman–Crippen LogP) is 2.69. The van der Waals surface area contributed by atoms with E-state index in [1.807, 2.05) is 25.1 Å². The Morgan fingerprint density at radius 2 is 2.00 bits per heavy atom. The maximum absolute atomic E-state index is 12.2. The first-order valence-corrected chi connectivity index (χ1v) is 6.11. The molecule has 0 radical (unpaired) electrons. The molecular formula is C13H21Cl2N3O. The molecule has 19 heavy (non-hydrogen) atoms. The molecule has 0 unspecified atom stereocenters. The third kappa shape index (κ3) is 4.06. The van der Waals surface area contributed by atoms with E-state index in [1.165, 1.54) is 0 Å². The first kappa shape index (κ1) is 18.2. The highest BCUT2D eigenvalue weighted by Gasteiger charge is 2.39. The molecule has 1 aromatic rings. The van der Waals surface area contributed by atoms with E-state index < -0.39 is 0 Å². The summed E-state index contributed by atoms with van der Waals surface area (Å²) in [7, 11) is 0. The second-order valence-electron chi connectivity index (χ2n) is 4.81. The van der Waals surface area contributed by atoms with Crippen LogP contribution in [0, 0.1) is 12.3 Å². The number of carbonyl (C=O) groups is 1. The van der Waals surface area contributed by atoms with Gasteiger partial charge in [-0.1, -0.05) is 18.9 Å². The largest absolute Gasteiger partial charge is 0.329 e. The van der Waals surface area contributed by atoms with Gasteiger partial charge in [0.05, 0.1) is 5.41 Å². The van der Waals surface area contributed by atoms with E-state index in [4.69, 9.17) is 5.73 Å². The zero-order chi connectivity index (χ0) is 12.3. The van der Waals surface area contributed by atoms with Crippen molar-refractivity contribution >= 4 is 36.5 Å². The van der Waals surface area contributed by atoms with Gasteiger partial charge in [-0.15, -0.1) is 24.8 Å². The van der Waals surface area contributed by atoms with Crippen molar-refractivity contribution in [1.82, 2.24) is 4.98 Å². The molecule has 0 saturated heterocycles. The first-order valence-electron chi connectivity index (χ1n) is 6.11. The van der Waals surface area contributed by atoms with Crippen LogP contribution in [-0.4, -0.2) is 17.4 Å². The molecule has 0 atom stereocenters. The molecule has 1 aliphatic carbocycles. The Kier molecular flexibility index (Phi) is 7.34. The van der Waals surface area contributed by atoms with Crippen LogP contribution < -0.4 is 11.1 Å². The number of anilines is 1. The van der Waals surface area contributed by atoms with Crippen LogP contribution in [0.25, 0.3) is 0 Å². The van der Waals surface area contributed by atoms with Crippen molar-refractivity contribution in [3.8, 4) is 0 Å². The molecule has 1 saturated carbocycles. The number of carbonyl (C=O) groups excluding carboxylic acids is 1. The maximum Gasteiger partial charge on any atom is 0.233 e. The molecule has 108 valence electrons. The van der Waals surface area contributed by atoms with E-state index >= 15 is 0 Å². The molecule has 1 aliphatic rings. The lowest BCUT2D eigenvalue weighted by Crippen LogP contribution is -2.40. The van der Waals surface area contributed by atoms with Gasteiger partial charge in [0.15, 0.2) is 0 Å². The Hall–Kier alpha value is -0.840. The molecule has 4 nitrogen and oxygen atoms in total. The zero-order valence-corrected chi connectivity index (χ0v) is 12.6. The Labute approximate surface area is 126 Å². The Morgan fingerprint density at radius 1 is 1.37 bits per heavy atom. The van der Waals surface area contributed by atoms with Crippen LogP contribution in [0.3, 0.4) is 0 Å². The molecule has 2 rings (SSSR count). The fourth-order valence-electron chi connectivity index (χ4n) is 2.44. The molecule has 1 fully saturated rings.